The normalized spacial score (nSPS) is 10.9. The molecule has 5 nitrogen and oxygen atoms in total. The highest BCUT2D eigenvalue weighted by atomic mass is 15.3. The van der Waals surface area contributed by atoms with Crippen LogP contribution in [0.3, 0.4) is 0 Å². The van der Waals surface area contributed by atoms with Gasteiger partial charge in [-0.15, -0.1) is 0 Å². The van der Waals surface area contributed by atoms with Gasteiger partial charge in [-0.05, 0) is 58.9 Å². The molecule has 110 valence electrons. The van der Waals surface area contributed by atoms with Gasteiger partial charge >= 0.3 is 0 Å². The van der Waals surface area contributed by atoms with Crippen molar-refractivity contribution in [1.82, 2.24) is 9.55 Å². The van der Waals surface area contributed by atoms with E-state index in [4.69, 9.17) is 5.53 Å². The molecule has 0 aliphatic rings. The number of hydrogen-bond acceptors (Lipinski definition) is 2. The molecular formula is C17H17N5. The first-order valence-corrected chi connectivity index (χ1v) is 7.24. The van der Waals surface area contributed by atoms with Crippen molar-refractivity contribution < 1.29 is 0 Å². The molecule has 0 atom stereocenters. The smallest absolute Gasteiger partial charge is 0.202 e. The van der Waals surface area contributed by atoms with E-state index in [0.717, 1.165) is 22.3 Å². The molecule has 0 amide bonds. The van der Waals surface area contributed by atoms with E-state index >= 15 is 0 Å². The number of aromatic nitrogens is 2. The molecule has 0 N–H and O–H groups in total. The Morgan fingerprint density at radius 1 is 1.14 bits per heavy atom. The predicted molar refractivity (Wildman–Crippen MR) is 88.7 cm³/mol. The number of azide groups is 1. The Labute approximate surface area is 128 Å². The van der Waals surface area contributed by atoms with Crippen molar-refractivity contribution in [3.63, 3.8) is 0 Å². The third-order valence-electron chi connectivity index (χ3n) is 3.74. The van der Waals surface area contributed by atoms with Crippen LogP contribution in [-0.2, 0) is 0 Å². The zero-order valence-electron chi connectivity index (χ0n) is 12.9. The Bertz CT molecular complexity index is 868. The minimum atomic E-state index is 0.361. The van der Waals surface area contributed by atoms with Gasteiger partial charge in [0.25, 0.3) is 0 Å². The molecule has 5 heteroatoms. The summed E-state index contributed by atoms with van der Waals surface area (Å²) in [7, 11) is 0. The summed E-state index contributed by atoms with van der Waals surface area (Å²) in [6, 6.07) is 14.3. The minimum absolute atomic E-state index is 0.361. The van der Waals surface area contributed by atoms with E-state index in [0.29, 0.717) is 11.9 Å². The predicted octanol–water partition coefficient (Wildman–Crippen LogP) is 5.40. The summed E-state index contributed by atoms with van der Waals surface area (Å²) in [6.45, 7) is 6.36. The molecule has 1 heterocycles. The van der Waals surface area contributed by atoms with Gasteiger partial charge in [0.15, 0.2) is 0 Å². The Hall–Kier alpha value is -2.78. The van der Waals surface area contributed by atoms with Crippen LogP contribution in [0.25, 0.3) is 27.2 Å². The van der Waals surface area contributed by atoms with E-state index in [2.05, 4.69) is 47.1 Å². The largest absolute Gasteiger partial charge is 0.291 e. The highest BCUT2D eigenvalue weighted by molar-refractivity contribution is 5.81. The first kappa shape index (κ1) is 14.2. The van der Waals surface area contributed by atoms with Gasteiger partial charge < -0.3 is 0 Å². The van der Waals surface area contributed by atoms with Crippen LogP contribution in [0, 0.1) is 6.92 Å². The van der Waals surface area contributed by atoms with Crippen molar-refractivity contribution in [3.05, 3.63) is 64.0 Å². The second kappa shape index (κ2) is 5.54. The third-order valence-corrected chi connectivity index (χ3v) is 3.74. The van der Waals surface area contributed by atoms with Crippen LogP contribution in [0.5, 0.6) is 0 Å². The van der Waals surface area contributed by atoms with Gasteiger partial charge in [-0.25, -0.2) is 4.98 Å². The SMILES string of the molecule is Cc1ccc2nc(N=[N+]=[N-])n(-c3ccc(C(C)C)cc3)c2c1. The van der Waals surface area contributed by atoms with Crippen LogP contribution in [-0.4, -0.2) is 9.55 Å². The van der Waals surface area contributed by atoms with Gasteiger partial charge in [-0.2, -0.15) is 0 Å². The maximum atomic E-state index is 8.79. The number of benzene rings is 2. The summed E-state index contributed by atoms with van der Waals surface area (Å²) in [5.41, 5.74) is 13.9. The lowest BCUT2D eigenvalue weighted by atomic mass is 10.0. The molecule has 2 aromatic carbocycles. The fourth-order valence-corrected chi connectivity index (χ4v) is 2.54. The molecule has 22 heavy (non-hydrogen) atoms. The number of fused-ring (bicyclic) bond motifs is 1. The molecule has 0 fully saturated rings. The molecule has 0 aliphatic carbocycles. The molecule has 3 rings (SSSR count). The van der Waals surface area contributed by atoms with E-state index in [-0.39, 0.29) is 0 Å². The maximum Gasteiger partial charge on any atom is 0.202 e. The molecular weight excluding hydrogens is 274 g/mol. The molecule has 0 aliphatic heterocycles. The summed E-state index contributed by atoms with van der Waals surface area (Å²) in [6.07, 6.45) is 0. The lowest BCUT2D eigenvalue weighted by molar-refractivity contribution is 0.865. The molecule has 0 radical (unpaired) electrons. The lowest BCUT2D eigenvalue weighted by Gasteiger charge is -2.10. The molecule has 0 saturated carbocycles. The summed E-state index contributed by atoms with van der Waals surface area (Å²) >= 11 is 0. The molecule has 0 unspecified atom stereocenters. The summed E-state index contributed by atoms with van der Waals surface area (Å²) < 4.78 is 1.90. The highest BCUT2D eigenvalue weighted by Crippen LogP contribution is 2.28. The fraction of sp³-hybridized carbons (Fsp3) is 0.235. The van der Waals surface area contributed by atoms with Gasteiger partial charge in [0, 0.05) is 10.6 Å². The number of nitrogens with zero attached hydrogens (tertiary/aromatic N) is 5. The number of aryl methyl sites for hydroxylation is 1. The van der Waals surface area contributed by atoms with Gasteiger partial charge in [-0.1, -0.05) is 32.0 Å². The van der Waals surface area contributed by atoms with Crippen LogP contribution in [0.2, 0.25) is 0 Å². The maximum absolute atomic E-state index is 8.79. The van der Waals surface area contributed by atoms with E-state index in [1.54, 1.807) is 0 Å². The lowest BCUT2D eigenvalue weighted by Crippen LogP contribution is -1.95. The second-order valence-electron chi connectivity index (χ2n) is 5.68. The quantitative estimate of drug-likeness (QED) is 0.362. The molecule has 0 bridgehead atoms. The second-order valence-corrected chi connectivity index (χ2v) is 5.68. The van der Waals surface area contributed by atoms with E-state index in [1.165, 1.54) is 5.56 Å². The molecule has 3 aromatic rings. The van der Waals surface area contributed by atoms with Crippen molar-refractivity contribution in [3.8, 4) is 5.69 Å². The van der Waals surface area contributed by atoms with Crippen molar-refractivity contribution >= 4 is 17.0 Å². The number of hydrogen-bond donors (Lipinski definition) is 0. The van der Waals surface area contributed by atoms with Crippen LogP contribution in [0.1, 0.15) is 30.9 Å². The first-order chi connectivity index (χ1) is 10.6. The van der Waals surface area contributed by atoms with Gasteiger partial charge in [0.2, 0.25) is 5.95 Å². The van der Waals surface area contributed by atoms with Crippen LogP contribution >= 0.6 is 0 Å². The first-order valence-electron chi connectivity index (χ1n) is 7.24. The van der Waals surface area contributed by atoms with Crippen LogP contribution in [0.4, 0.5) is 5.95 Å². The van der Waals surface area contributed by atoms with Crippen molar-refractivity contribution in [1.29, 1.82) is 0 Å². The van der Waals surface area contributed by atoms with Gasteiger partial charge in [-0.3, -0.25) is 4.57 Å². The Morgan fingerprint density at radius 3 is 2.50 bits per heavy atom. The zero-order valence-corrected chi connectivity index (χ0v) is 12.9. The third kappa shape index (κ3) is 2.43. The number of rotatable bonds is 3. The summed E-state index contributed by atoms with van der Waals surface area (Å²) in [5.74, 6) is 0.841. The standard InChI is InChI=1S/C17H17N5/c1-11(2)13-5-7-14(8-6-13)22-16-10-12(3)4-9-15(16)19-17(22)20-21-18/h4-11H,1-3H3. The van der Waals surface area contributed by atoms with E-state index in [9.17, 15) is 0 Å². The number of imidazole rings is 1. The average Bonchev–Trinajstić information content (AvgIpc) is 2.85. The van der Waals surface area contributed by atoms with Crippen LogP contribution < -0.4 is 0 Å². The summed E-state index contributed by atoms with van der Waals surface area (Å²) in [4.78, 5) is 7.32. The fourth-order valence-electron chi connectivity index (χ4n) is 2.54. The van der Waals surface area contributed by atoms with Gasteiger partial charge in [0.1, 0.15) is 0 Å². The Kier molecular flexibility index (Phi) is 3.57. The monoisotopic (exact) mass is 291 g/mol. The van der Waals surface area contributed by atoms with E-state index < -0.39 is 0 Å². The Morgan fingerprint density at radius 2 is 1.86 bits per heavy atom. The van der Waals surface area contributed by atoms with Crippen molar-refractivity contribution in [2.24, 2.45) is 5.11 Å². The van der Waals surface area contributed by atoms with Crippen LogP contribution in [0.15, 0.2) is 47.6 Å². The van der Waals surface area contributed by atoms with Gasteiger partial charge in [0.05, 0.1) is 11.0 Å². The highest BCUT2D eigenvalue weighted by Gasteiger charge is 2.11. The van der Waals surface area contributed by atoms with E-state index in [1.807, 2.05) is 35.8 Å². The molecule has 0 saturated heterocycles. The Balaban J connectivity index is 2.25. The summed E-state index contributed by atoms with van der Waals surface area (Å²) in [5, 5.41) is 3.74. The minimum Gasteiger partial charge on any atom is -0.291 e. The van der Waals surface area contributed by atoms with Crippen molar-refractivity contribution in [2.45, 2.75) is 26.7 Å². The molecule has 0 spiro atoms. The topological polar surface area (TPSA) is 66.6 Å². The average molecular weight is 291 g/mol. The zero-order chi connectivity index (χ0) is 15.7. The molecule has 1 aromatic heterocycles. The van der Waals surface area contributed by atoms with Crippen molar-refractivity contribution in [2.75, 3.05) is 0 Å².